The Kier molecular flexibility index (Phi) is 6.01. The molecule has 2 aromatic carbocycles. The van der Waals surface area contributed by atoms with Crippen molar-refractivity contribution < 1.29 is 27.1 Å². The molecule has 0 radical (unpaired) electrons. The molecular formula is C21H21ClF2O4S. The standard InChI is InChI=1S/C21H21ClF2O4S/c1-13(20(25)26)14-8-10-21(11-9-14,18-12-16(23)4-7-19(18)24)29(27,28)17-5-2-15(22)3-6-17/h2-7,12-14H,8-11H2,1H3,(H,25,26)/t13?,14-,21+. The van der Waals surface area contributed by atoms with Gasteiger partial charge in [-0.3, -0.25) is 4.79 Å². The largest absolute Gasteiger partial charge is 0.481 e. The predicted molar refractivity (Wildman–Crippen MR) is 105 cm³/mol. The molecule has 3 rings (SSSR count). The summed E-state index contributed by atoms with van der Waals surface area (Å²) in [7, 11) is -4.11. The van der Waals surface area contributed by atoms with Crippen molar-refractivity contribution in [2.45, 2.75) is 42.2 Å². The van der Waals surface area contributed by atoms with E-state index in [1.54, 1.807) is 6.92 Å². The van der Waals surface area contributed by atoms with Crippen LogP contribution >= 0.6 is 11.6 Å². The fourth-order valence-corrected chi connectivity index (χ4v) is 6.47. The maximum absolute atomic E-state index is 14.7. The van der Waals surface area contributed by atoms with Gasteiger partial charge in [-0.1, -0.05) is 18.5 Å². The van der Waals surface area contributed by atoms with Gasteiger partial charge in [-0.15, -0.1) is 0 Å². The van der Waals surface area contributed by atoms with E-state index in [1.807, 2.05) is 0 Å². The van der Waals surface area contributed by atoms with Crippen LogP contribution < -0.4 is 0 Å². The van der Waals surface area contributed by atoms with Gasteiger partial charge in [0.1, 0.15) is 16.4 Å². The second kappa shape index (κ2) is 8.03. The molecule has 8 heteroatoms. The van der Waals surface area contributed by atoms with Crippen molar-refractivity contribution in [1.82, 2.24) is 0 Å². The monoisotopic (exact) mass is 442 g/mol. The van der Waals surface area contributed by atoms with Crippen molar-refractivity contribution in [2.75, 3.05) is 0 Å². The number of hydrogen-bond acceptors (Lipinski definition) is 3. The topological polar surface area (TPSA) is 71.4 Å². The van der Waals surface area contributed by atoms with E-state index in [2.05, 4.69) is 0 Å². The molecule has 0 saturated heterocycles. The fraction of sp³-hybridized carbons (Fsp3) is 0.381. The Morgan fingerprint density at radius 1 is 1.14 bits per heavy atom. The molecule has 1 saturated carbocycles. The zero-order valence-electron chi connectivity index (χ0n) is 15.7. The molecular weight excluding hydrogens is 422 g/mol. The first kappa shape index (κ1) is 21.7. The summed E-state index contributed by atoms with van der Waals surface area (Å²) in [4.78, 5) is 11.3. The number of carboxylic acid groups (broad SMARTS) is 1. The number of hydrogen-bond donors (Lipinski definition) is 1. The predicted octanol–water partition coefficient (Wildman–Crippen LogP) is 5.20. The third-order valence-electron chi connectivity index (χ3n) is 5.99. The van der Waals surface area contributed by atoms with Gasteiger partial charge in [0.05, 0.1) is 10.8 Å². The minimum Gasteiger partial charge on any atom is -0.481 e. The molecule has 4 nitrogen and oxygen atoms in total. The lowest BCUT2D eigenvalue weighted by Gasteiger charge is -2.41. The number of aliphatic carboxylic acids is 1. The summed E-state index contributed by atoms with van der Waals surface area (Å²) in [6.45, 7) is 1.58. The Balaban J connectivity index is 2.12. The van der Waals surface area contributed by atoms with Crippen molar-refractivity contribution in [1.29, 1.82) is 0 Å². The Labute approximate surface area is 173 Å². The Bertz CT molecular complexity index is 1010. The molecule has 0 bridgehead atoms. The zero-order valence-corrected chi connectivity index (χ0v) is 17.3. The van der Waals surface area contributed by atoms with Gasteiger partial charge in [0.2, 0.25) is 0 Å². The third-order valence-corrected chi connectivity index (χ3v) is 8.79. The maximum atomic E-state index is 14.7. The van der Waals surface area contributed by atoms with E-state index < -0.39 is 38.1 Å². The van der Waals surface area contributed by atoms with E-state index in [4.69, 9.17) is 11.6 Å². The number of carboxylic acids is 1. The molecule has 1 unspecified atom stereocenters. The second-order valence-corrected chi connectivity index (χ2v) is 10.2. The molecule has 0 heterocycles. The van der Waals surface area contributed by atoms with Crippen LogP contribution in [0.25, 0.3) is 0 Å². The molecule has 0 aromatic heterocycles. The van der Waals surface area contributed by atoms with Gasteiger partial charge in [0.15, 0.2) is 9.84 Å². The van der Waals surface area contributed by atoms with Crippen LogP contribution in [0, 0.1) is 23.5 Å². The molecule has 1 aliphatic carbocycles. The molecule has 1 fully saturated rings. The molecule has 0 amide bonds. The molecule has 0 spiro atoms. The lowest BCUT2D eigenvalue weighted by atomic mass is 9.73. The van der Waals surface area contributed by atoms with Crippen molar-refractivity contribution in [2.24, 2.45) is 11.8 Å². The van der Waals surface area contributed by atoms with Gasteiger partial charge >= 0.3 is 5.97 Å². The van der Waals surface area contributed by atoms with Crippen LogP contribution in [0.3, 0.4) is 0 Å². The summed E-state index contributed by atoms with van der Waals surface area (Å²) in [5.41, 5.74) is -0.214. The quantitative estimate of drug-likeness (QED) is 0.691. The average molecular weight is 443 g/mol. The summed E-state index contributed by atoms with van der Waals surface area (Å²) in [5.74, 6) is -3.37. The average Bonchev–Trinajstić information content (AvgIpc) is 2.69. The van der Waals surface area contributed by atoms with Gasteiger partial charge in [-0.2, -0.15) is 0 Å². The SMILES string of the molecule is CC(C(=O)O)[C@H]1CC[C@@](c2cc(F)ccc2F)(S(=O)(=O)c2ccc(Cl)cc2)CC1. The van der Waals surface area contributed by atoms with E-state index in [9.17, 15) is 27.1 Å². The minimum absolute atomic E-state index is 0.000615. The highest BCUT2D eigenvalue weighted by atomic mass is 35.5. The molecule has 1 N–H and O–H groups in total. The van der Waals surface area contributed by atoms with Crippen LogP contribution in [0.1, 0.15) is 38.2 Å². The van der Waals surface area contributed by atoms with E-state index >= 15 is 0 Å². The van der Waals surface area contributed by atoms with E-state index in [0.717, 1.165) is 18.2 Å². The number of rotatable bonds is 5. The summed E-state index contributed by atoms with van der Waals surface area (Å²) < 4.78 is 54.3. The highest BCUT2D eigenvalue weighted by molar-refractivity contribution is 7.92. The zero-order chi connectivity index (χ0) is 21.4. The Hall–Kier alpha value is -1.99. The maximum Gasteiger partial charge on any atom is 0.306 e. The first-order valence-corrected chi connectivity index (χ1v) is 11.1. The first-order valence-electron chi connectivity index (χ1n) is 9.27. The van der Waals surface area contributed by atoms with Crippen molar-refractivity contribution in [3.8, 4) is 0 Å². The fourth-order valence-electron chi connectivity index (χ4n) is 4.18. The first-order chi connectivity index (χ1) is 13.6. The Morgan fingerprint density at radius 3 is 2.28 bits per heavy atom. The van der Waals surface area contributed by atoms with Gasteiger partial charge in [-0.25, -0.2) is 17.2 Å². The highest BCUT2D eigenvalue weighted by Crippen LogP contribution is 2.50. The number of sulfone groups is 1. The van der Waals surface area contributed by atoms with Crippen LogP contribution in [0.15, 0.2) is 47.4 Å². The van der Waals surface area contributed by atoms with E-state index in [1.165, 1.54) is 24.3 Å². The molecule has 2 aromatic rings. The smallest absolute Gasteiger partial charge is 0.306 e. The minimum atomic E-state index is -4.11. The van der Waals surface area contributed by atoms with Crippen molar-refractivity contribution in [3.63, 3.8) is 0 Å². The number of benzene rings is 2. The van der Waals surface area contributed by atoms with Crippen LogP contribution in [0.2, 0.25) is 5.02 Å². The number of halogens is 3. The number of carbonyl (C=O) groups is 1. The van der Waals surface area contributed by atoms with Crippen molar-refractivity contribution >= 4 is 27.4 Å². The lowest BCUT2D eigenvalue weighted by molar-refractivity contribution is -0.143. The third kappa shape index (κ3) is 3.90. The lowest BCUT2D eigenvalue weighted by Crippen LogP contribution is -2.42. The molecule has 156 valence electrons. The van der Waals surface area contributed by atoms with Gasteiger partial charge < -0.3 is 5.11 Å². The summed E-state index contributed by atoms with van der Waals surface area (Å²) >= 11 is 5.87. The van der Waals surface area contributed by atoms with Gasteiger partial charge in [-0.05, 0) is 74.1 Å². The Morgan fingerprint density at radius 2 is 1.72 bits per heavy atom. The molecule has 0 aliphatic heterocycles. The molecule has 1 aliphatic rings. The van der Waals surface area contributed by atoms with Gasteiger partial charge in [0, 0.05) is 10.6 Å². The van der Waals surface area contributed by atoms with Crippen LogP contribution in [0.5, 0.6) is 0 Å². The van der Waals surface area contributed by atoms with Gasteiger partial charge in [0.25, 0.3) is 0 Å². The van der Waals surface area contributed by atoms with Crippen LogP contribution in [0.4, 0.5) is 8.78 Å². The summed E-state index contributed by atoms with van der Waals surface area (Å²) in [6.07, 6.45) is 0.549. The molecule has 29 heavy (non-hydrogen) atoms. The van der Waals surface area contributed by atoms with Crippen molar-refractivity contribution in [3.05, 3.63) is 64.7 Å². The van der Waals surface area contributed by atoms with E-state index in [-0.39, 0.29) is 42.1 Å². The van der Waals surface area contributed by atoms with Crippen LogP contribution in [-0.4, -0.2) is 19.5 Å². The normalized spacial score (nSPS) is 23.5. The highest BCUT2D eigenvalue weighted by Gasteiger charge is 2.50. The second-order valence-electron chi connectivity index (χ2n) is 7.54. The summed E-state index contributed by atoms with van der Waals surface area (Å²) in [6, 6.07) is 8.37. The van der Waals surface area contributed by atoms with E-state index in [0.29, 0.717) is 5.02 Å². The summed E-state index contributed by atoms with van der Waals surface area (Å²) in [5, 5.41) is 9.64. The van der Waals surface area contributed by atoms with Crippen LogP contribution in [-0.2, 0) is 19.4 Å². The molecule has 1 atom stereocenters.